The van der Waals surface area contributed by atoms with Gasteiger partial charge in [-0.25, -0.2) is 0 Å². The Labute approximate surface area is 87.7 Å². The molecule has 1 unspecified atom stereocenters. The average molecular weight is 213 g/mol. The molecular weight excluding hydrogens is 204 g/mol. The number of hydrogen-bond donors (Lipinski definition) is 0. The molecule has 0 fully saturated rings. The molecule has 1 atom stereocenters. The maximum absolute atomic E-state index is 11.6. The van der Waals surface area contributed by atoms with Crippen molar-refractivity contribution >= 4 is 33.9 Å². The molecule has 0 amide bonds. The van der Waals surface area contributed by atoms with Gasteiger partial charge in [-0.15, -0.1) is 0 Å². The van der Waals surface area contributed by atoms with Gasteiger partial charge in [-0.1, -0.05) is 54.2 Å². The van der Waals surface area contributed by atoms with Gasteiger partial charge in [0.05, 0.1) is 10.2 Å². The molecule has 0 N–H and O–H groups in total. The molecule has 13 heavy (non-hydrogen) atoms. The fraction of sp³-hybridized carbons (Fsp3) is 0.200. The Bertz CT molecular complexity index is 321. The molecule has 68 valence electrons. The zero-order valence-corrected chi connectivity index (χ0v) is 8.73. The number of hydrogen-bond acceptors (Lipinski definition) is 2. The van der Waals surface area contributed by atoms with E-state index in [2.05, 4.69) is 0 Å². The monoisotopic (exact) mass is 212 g/mol. The highest BCUT2D eigenvalue weighted by Gasteiger charge is 2.17. The largest absolute Gasteiger partial charge is 0.293 e. The van der Waals surface area contributed by atoms with Gasteiger partial charge >= 0.3 is 0 Å². The minimum atomic E-state index is -0.390. The van der Waals surface area contributed by atoms with Crippen LogP contribution in [0.1, 0.15) is 17.3 Å². The van der Waals surface area contributed by atoms with Gasteiger partial charge in [0.15, 0.2) is 5.78 Å². The van der Waals surface area contributed by atoms with E-state index in [4.69, 9.17) is 23.8 Å². The number of rotatable bonds is 3. The van der Waals surface area contributed by atoms with E-state index in [0.29, 0.717) is 5.56 Å². The third-order valence-electron chi connectivity index (χ3n) is 1.79. The lowest BCUT2D eigenvalue weighted by atomic mass is 10.0. The van der Waals surface area contributed by atoms with Crippen molar-refractivity contribution in [2.45, 2.75) is 6.92 Å². The van der Waals surface area contributed by atoms with E-state index < -0.39 is 0 Å². The molecular formula is C10H9ClOS. The van der Waals surface area contributed by atoms with Gasteiger partial charge in [0.25, 0.3) is 0 Å². The minimum Gasteiger partial charge on any atom is -0.293 e. The van der Waals surface area contributed by atoms with Crippen molar-refractivity contribution in [1.29, 1.82) is 0 Å². The van der Waals surface area contributed by atoms with Gasteiger partial charge in [0, 0.05) is 5.56 Å². The highest BCUT2D eigenvalue weighted by atomic mass is 35.5. The Hall–Kier alpha value is -0.730. The van der Waals surface area contributed by atoms with E-state index in [1.54, 1.807) is 19.1 Å². The SMILES string of the molecule is CC(C(=O)c1ccccc1)C(=S)Cl. The van der Waals surface area contributed by atoms with E-state index in [0.717, 1.165) is 0 Å². The van der Waals surface area contributed by atoms with Crippen LogP contribution >= 0.6 is 23.8 Å². The summed E-state index contributed by atoms with van der Waals surface area (Å²) in [5.41, 5.74) is 0.651. The molecule has 0 radical (unpaired) electrons. The van der Waals surface area contributed by atoms with Crippen LogP contribution in [0.5, 0.6) is 0 Å². The molecule has 0 aliphatic carbocycles. The fourth-order valence-electron chi connectivity index (χ4n) is 0.955. The van der Waals surface area contributed by atoms with Crippen LogP contribution < -0.4 is 0 Å². The molecule has 0 spiro atoms. The Morgan fingerprint density at radius 3 is 2.38 bits per heavy atom. The molecule has 3 heteroatoms. The van der Waals surface area contributed by atoms with Crippen molar-refractivity contribution in [3.63, 3.8) is 0 Å². The van der Waals surface area contributed by atoms with Crippen LogP contribution in [-0.4, -0.2) is 10.1 Å². The van der Waals surface area contributed by atoms with Crippen molar-refractivity contribution < 1.29 is 4.79 Å². The van der Waals surface area contributed by atoms with E-state index in [9.17, 15) is 4.79 Å². The molecule has 0 aromatic heterocycles. The molecule has 1 aromatic rings. The third-order valence-corrected chi connectivity index (χ3v) is 2.47. The predicted octanol–water partition coefficient (Wildman–Crippen LogP) is 3.07. The highest BCUT2D eigenvalue weighted by Crippen LogP contribution is 2.12. The Kier molecular flexibility index (Phi) is 3.58. The fourth-order valence-corrected chi connectivity index (χ4v) is 1.16. The zero-order chi connectivity index (χ0) is 9.84. The first-order valence-electron chi connectivity index (χ1n) is 3.91. The van der Waals surface area contributed by atoms with E-state index in [-0.39, 0.29) is 16.0 Å². The van der Waals surface area contributed by atoms with Gasteiger partial charge in [-0.05, 0) is 6.92 Å². The van der Waals surface area contributed by atoms with Crippen molar-refractivity contribution in [2.24, 2.45) is 5.92 Å². The van der Waals surface area contributed by atoms with Crippen LogP contribution in [0.15, 0.2) is 30.3 Å². The van der Waals surface area contributed by atoms with Crippen molar-refractivity contribution in [2.75, 3.05) is 0 Å². The number of carbonyl (C=O) groups excluding carboxylic acids is 1. The summed E-state index contributed by atoms with van der Waals surface area (Å²) in [7, 11) is 0. The molecule has 0 aliphatic rings. The first-order chi connectivity index (χ1) is 6.13. The number of ketones is 1. The molecule has 0 saturated carbocycles. The summed E-state index contributed by atoms with van der Waals surface area (Å²) in [6.45, 7) is 1.71. The van der Waals surface area contributed by atoms with Crippen LogP contribution in [0, 0.1) is 5.92 Å². The smallest absolute Gasteiger partial charge is 0.171 e. The van der Waals surface area contributed by atoms with Crippen molar-refractivity contribution in [3.8, 4) is 0 Å². The third kappa shape index (κ3) is 2.61. The average Bonchev–Trinajstić information content (AvgIpc) is 2.17. The maximum atomic E-state index is 11.6. The summed E-state index contributed by atoms with van der Waals surface area (Å²) >= 11 is 10.3. The first-order valence-corrected chi connectivity index (χ1v) is 4.70. The topological polar surface area (TPSA) is 17.1 Å². The Morgan fingerprint density at radius 1 is 1.38 bits per heavy atom. The second-order valence-corrected chi connectivity index (χ2v) is 3.83. The number of benzene rings is 1. The summed E-state index contributed by atoms with van der Waals surface area (Å²) in [6.07, 6.45) is 0. The predicted molar refractivity (Wildman–Crippen MR) is 58.4 cm³/mol. The normalized spacial score (nSPS) is 12.2. The molecule has 1 nitrogen and oxygen atoms in total. The standard InChI is InChI=1S/C10H9ClOS/c1-7(10(11)13)9(12)8-5-3-2-4-6-8/h2-7H,1H3. The molecule has 1 aromatic carbocycles. The van der Waals surface area contributed by atoms with Crippen LogP contribution in [0.25, 0.3) is 0 Å². The summed E-state index contributed by atoms with van der Waals surface area (Å²) in [6, 6.07) is 9.01. The summed E-state index contributed by atoms with van der Waals surface area (Å²) in [5, 5.41) is 0. The summed E-state index contributed by atoms with van der Waals surface area (Å²) < 4.78 is 0.217. The number of thiocarbonyl (C=S) groups is 1. The molecule has 1 rings (SSSR count). The van der Waals surface area contributed by atoms with E-state index in [1.807, 2.05) is 18.2 Å². The Balaban J connectivity index is 2.86. The zero-order valence-electron chi connectivity index (χ0n) is 7.16. The Morgan fingerprint density at radius 2 is 1.92 bits per heavy atom. The molecule has 0 aliphatic heterocycles. The van der Waals surface area contributed by atoms with Gasteiger partial charge in [0.2, 0.25) is 0 Å². The lowest BCUT2D eigenvalue weighted by Crippen LogP contribution is -2.15. The quantitative estimate of drug-likeness (QED) is 0.435. The van der Waals surface area contributed by atoms with E-state index >= 15 is 0 Å². The number of Topliss-reactive ketones (excluding diaryl/α,β-unsaturated/α-hetero) is 1. The summed E-state index contributed by atoms with van der Waals surface area (Å²) in [5.74, 6) is -0.417. The van der Waals surface area contributed by atoms with E-state index in [1.165, 1.54) is 0 Å². The highest BCUT2D eigenvalue weighted by molar-refractivity contribution is 7.83. The number of halogens is 1. The molecule has 0 bridgehead atoms. The van der Waals surface area contributed by atoms with Gasteiger partial charge < -0.3 is 0 Å². The first kappa shape index (κ1) is 10.4. The van der Waals surface area contributed by atoms with Crippen LogP contribution in [0.3, 0.4) is 0 Å². The minimum absolute atomic E-state index is 0.0272. The van der Waals surface area contributed by atoms with Crippen molar-refractivity contribution in [3.05, 3.63) is 35.9 Å². The second-order valence-electron chi connectivity index (χ2n) is 2.76. The van der Waals surface area contributed by atoms with Gasteiger partial charge in [0.1, 0.15) is 0 Å². The number of carbonyl (C=O) groups is 1. The van der Waals surface area contributed by atoms with Crippen LogP contribution in [-0.2, 0) is 0 Å². The molecule has 0 heterocycles. The summed E-state index contributed by atoms with van der Waals surface area (Å²) in [4.78, 5) is 11.6. The maximum Gasteiger partial charge on any atom is 0.171 e. The lowest BCUT2D eigenvalue weighted by molar-refractivity contribution is 0.0963. The second kappa shape index (κ2) is 4.49. The van der Waals surface area contributed by atoms with Crippen LogP contribution in [0.4, 0.5) is 0 Å². The van der Waals surface area contributed by atoms with Gasteiger partial charge in [-0.3, -0.25) is 4.79 Å². The lowest BCUT2D eigenvalue weighted by Gasteiger charge is -2.06. The molecule has 0 saturated heterocycles. The van der Waals surface area contributed by atoms with Crippen LogP contribution in [0.2, 0.25) is 0 Å². The van der Waals surface area contributed by atoms with Crippen molar-refractivity contribution in [1.82, 2.24) is 0 Å². The van der Waals surface area contributed by atoms with Gasteiger partial charge in [-0.2, -0.15) is 0 Å².